The van der Waals surface area contributed by atoms with Gasteiger partial charge in [0.05, 0.1) is 6.10 Å². The molecule has 152 valence electrons. The van der Waals surface area contributed by atoms with Crippen LogP contribution >= 0.6 is 0 Å². The van der Waals surface area contributed by atoms with Crippen LogP contribution in [0.2, 0.25) is 0 Å². The largest absolute Gasteiger partial charge is 0.491 e. The van der Waals surface area contributed by atoms with Crippen LogP contribution in [0.3, 0.4) is 0 Å². The molecule has 0 fully saturated rings. The highest BCUT2D eigenvalue weighted by molar-refractivity contribution is 6.10. The maximum absolute atomic E-state index is 12.9. The summed E-state index contributed by atoms with van der Waals surface area (Å²) in [6.45, 7) is 3.91. The van der Waals surface area contributed by atoms with Gasteiger partial charge in [-0.3, -0.25) is 9.59 Å². The number of hydrogen-bond acceptors (Lipinski definition) is 3. The van der Waals surface area contributed by atoms with Crippen molar-refractivity contribution in [2.75, 3.05) is 5.32 Å². The number of nitrogens with one attached hydrogen (secondary N) is 2. The zero-order valence-electron chi connectivity index (χ0n) is 17.0. The number of benzene rings is 3. The molecule has 0 heterocycles. The fraction of sp³-hybridized carbons (Fsp3) is 0.120. The number of rotatable bonds is 7. The third-order valence-corrected chi connectivity index (χ3v) is 4.12. The zero-order chi connectivity index (χ0) is 21.3. The monoisotopic (exact) mass is 400 g/mol. The van der Waals surface area contributed by atoms with Crippen LogP contribution in [0.1, 0.15) is 29.8 Å². The Bertz CT molecular complexity index is 1010. The van der Waals surface area contributed by atoms with E-state index in [0.717, 1.165) is 11.3 Å². The van der Waals surface area contributed by atoms with Crippen LogP contribution in [0.15, 0.2) is 90.6 Å². The maximum Gasteiger partial charge on any atom is 0.272 e. The van der Waals surface area contributed by atoms with Gasteiger partial charge in [0.15, 0.2) is 0 Å². The number of para-hydroxylation sites is 1. The molecule has 3 aromatic carbocycles. The van der Waals surface area contributed by atoms with Crippen LogP contribution in [-0.4, -0.2) is 17.9 Å². The molecule has 0 saturated heterocycles. The molecule has 0 aromatic heterocycles. The first-order valence-corrected chi connectivity index (χ1v) is 9.72. The van der Waals surface area contributed by atoms with Crippen molar-refractivity contribution >= 4 is 23.6 Å². The van der Waals surface area contributed by atoms with Crippen LogP contribution in [0.4, 0.5) is 5.69 Å². The lowest BCUT2D eigenvalue weighted by Crippen LogP contribution is -2.30. The van der Waals surface area contributed by atoms with E-state index in [4.69, 9.17) is 4.74 Å². The molecule has 0 aliphatic rings. The highest BCUT2D eigenvalue weighted by atomic mass is 16.5. The Hall–Kier alpha value is -3.86. The van der Waals surface area contributed by atoms with Crippen molar-refractivity contribution in [3.8, 4) is 5.75 Å². The molecule has 0 spiro atoms. The van der Waals surface area contributed by atoms with E-state index in [9.17, 15) is 9.59 Å². The molecule has 5 nitrogen and oxygen atoms in total. The second-order valence-corrected chi connectivity index (χ2v) is 6.93. The number of carbonyl (C=O) groups excluding carboxylic acids is 2. The molecule has 0 saturated carbocycles. The normalized spacial score (nSPS) is 11.1. The van der Waals surface area contributed by atoms with Crippen LogP contribution in [0, 0.1) is 0 Å². The van der Waals surface area contributed by atoms with Gasteiger partial charge in [0.1, 0.15) is 11.4 Å². The first-order chi connectivity index (χ1) is 14.5. The molecule has 30 heavy (non-hydrogen) atoms. The summed E-state index contributed by atoms with van der Waals surface area (Å²) >= 11 is 0. The summed E-state index contributed by atoms with van der Waals surface area (Å²) in [6.07, 6.45) is 1.71. The highest BCUT2D eigenvalue weighted by Gasteiger charge is 2.15. The Balaban J connectivity index is 1.85. The summed E-state index contributed by atoms with van der Waals surface area (Å²) in [5.74, 6) is -0.0245. The lowest BCUT2D eigenvalue weighted by atomic mass is 10.1. The molecule has 0 aliphatic carbocycles. The van der Waals surface area contributed by atoms with E-state index in [1.807, 2.05) is 62.4 Å². The summed E-state index contributed by atoms with van der Waals surface area (Å²) in [5, 5.41) is 5.54. The molecular weight excluding hydrogens is 376 g/mol. The molecule has 0 atom stereocenters. The quantitative estimate of drug-likeness (QED) is 0.555. The van der Waals surface area contributed by atoms with Crippen molar-refractivity contribution < 1.29 is 14.3 Å². The van der Waals surface area contributed by atoms with Crippen molar-refractivity contribution in [3.05, 3.63) is 102 Å². The lowest BCUT2D eigenvalue weighted by molar-refractivity contribution is -0.113. The molecule has 2 amide bonds. The number of hydrogen-bond donors (Lipinski definition) is 2. The predicted molar refractivity (Wildman–Crippen MR) is 119 cm³/mol. The van der Waals surface area contributed by atoms with E-state index < -0.39 is 5.91 Å². The van der Waals surface area contributed by atoms with Gasteiger partial charge in [-0.1, -0.05) is 48.5 Å². The van der Waals surface area contributed by atoms with Gasteiger partial charge < -0.3 is 15.4 Å². The van der Waals surface area contributed by atoms with Crippen LogP contribution in [-0.2, 0) is 4.79 Å². The number of anilines is 1. The van der Waals surface area contributed by atoms with Crippen LogP contribution in [0.25, 0.3) is 6.08 Å². The predicted octanol–water partition coefficient (Wildman–Crippen LogP) is 4.88. The first kappa shape index (κ1) is 20.9. The third-order valence-electron chi connectivity index (χ3n) is 4.12. The fourth-order valence-electron chi connectivity index (χ4n) is 2.74. The summed E-state index contributed by atoms with van der Waals surface area (Å²) in [7, 11) is 0. The van der Waals surface area contributed by atoms with Gasteiger partial charge in [-0.25, -0.2) is 0 Å². The number of amides is 2. The first-order valence-electron chi connectivity index (χ1n) is 9.72. The third kappa shape index (κ3) is 6.07. The molecule has 0 aliphatic heterocycles. The summed E-state index contributed by atoms with van der Waals surface area (Å²) < 4.78 is 5.65. The van der Waals surface area contributed by atoms with Crippen LogP contribution in [0.5, 0.6) is 5.75 Å². The molecule has 3 aromatic rings. The van der Waals surface area contributed by atoms with E-state index in [-0.39, 0.29) is 17.7 Å². The average molecular weight is 400 g/mol. The Labute approximate surface area is 176 Å². The van der Waals surface area contributed by atoms with Crippen molar-refractivity contribution in [2.24, 2.45) is 0 Å². The van der Waals surface area contributed by atoms with E-state index >= 15 is 0 Å². The number of ether oxygens (including phenoxy) is 1. The van der Waals surface area contributed by atoms with Gasteiger partial charge in [-0.2, -0.15) is 0 Å². The van der Waals surface area contributed by atoms with Crippen molar-refractivity contribution in [3.63, 3.8) is 0 Å². The minimum absolute atomic E-state index is 0.0729. The van der Waals surface area contributed by atoms with Gasteiger partial charge in [0.2, 0.25) is 0 Å². The SMILES string of the molecule is CC(C)Oc1ccc(/C=C(/NC(=O)c2ccccc2)C(=O)Nc2ccccc2)cc1. The maximum atomic E-state index is 12.9. The summed E-state index contributed by atoms with van der Waals surface area (Å²) in [6, 6.07) is 25.2. The summed E-state index contributed by atoms with van der Waals surface area (Å²) in [5.41, 5.74) is 2.02. The van der Waals surface area contributed by atoms with Gasteiger partial charge >= 0.3 is 0 Å². The Kier molecular flexibility index (Phi) is 7.00. The highest BCUT2D eigenvalue weighted by Crippen LogP contribution is 2.16. The average Bonchev–Trinajstić information content (AvgIpc) is 2.75. The van der Waals surface area contributed by atoms with Crippen molar-refractivity contribution in [1.29, 1.82) is 0 Å². The minimum Gasteiger partial charge on any atom is -0.491 e. The van der Waals surface area contributed by atoms with Gasteiger partial charge in [-0.05, 0) is 61.9 Å². The van der Waals surface area contributed by atoms with Gasteiger partial charge in [0.25, 0.3) is 11.8 Å². The number of carbonyl (C=O) groups is 2. The Morgan fingerprint density at radius 2 is 1.43 bits per heavy atom. The Morgan fingerprint density at radius 1 is 0.833 bits per heavy atom. The minimum atomic E-state index is -0.409. The van der Waals surface area contributed by atoms with E-state index in [1.54, 1.807) is 42.5 Å². The van der Waals surface area contributed by atoms with Crippen LogP contribution < -0.4 is 15.4 Å². The summed E-state index contributed by atoms with van der Waals surface area (Å²) in [4.78, 5) is 25.5. The zero-order valence-corrected chi connectivity index (χ0v) is 17.0. The molecule has 5 heteroatoms. The van der Waals surface area contributed by atoms with Gasteiger partial charge in [-0.15, -0.1) is 0 Å². The molecule has 2 N–H and O–H groups in total. The molecule has 0 radical (unpaired) electrons. The van der Waals surface area contributed by atoms with Crippen molar-refractivity contribution in [1.82, 2.24) is 5.32 Å². The fourth-order valence-corrected chi connectivity index (χ4v) is 2.74. The Morgan fingerprint density at radius 3 is 2.03 bits per heavy atom. The van der Waals surface area contributed by atoms with E-state index in [2.05, 4.69) is 10.6 Å². The second-order valence-electron chi connectivity index (χ2n) is 6.93. The van der Waals surface area contributed by atoms with Crippen molar-refractivity contribution in [2.45, 2.75) is 20.0 Å². The smallest absolute Gasteiger partial charge is 0.272 e. The van der Waals surface area contributed by atoms with E-state index in [1.165, 1.54) is 0 Å². The molecule has 0 unspecified atom stereocenters. The lowest BCUT2D eigenvalue weighted by Gasteiger charge is -2.12. The standard InChI is InChI=1S/C25H24N2O3/c1-18(2)30-22-15-13-19(14-16-22)17-23(25(29)26-21-11-7-4-8-12-21)27-24(28)20-9-5-3-6-10-20/h3-18H,1-2H3,(H,26,29)(H,27,28)/b23-17+. The molecule has 3 rings (SSSR count). The van der Waals surface area contributed by atoms with E-state index in [0.29, 0.717) is 11.3 Å². The molecule has 0 bridgehead atoms. The molecular formula is C25H24N2O3. The van der Waals surface area contributed by atoms with Gasteiger partial charge in [0, 0.05) is 11.3 Å². The topological polar surface area (TPSA) is 67.4 Å². The second kappa shape index (κ2) is 10.1.